The van der Waals surface area contributed by atoms with Gasteiger partial charge in [0.05, 0.1) is 19.8 Å². The van der Waals surface area contributed by atoms with E-state index in [4.69, 9.17) is 9.47 Å². The summed E-state index contributed by atoms with van der Waals surface area (Å²) in [6, 6.07) is 9.10. The van der Waals surface area contributed by atoms with Gasteiger partial charge in [-0.25, -0.2) is 4.39 Å². The van der Waals surface area contributed by atoms with Crippen molar-refractivity contribution in [2.75, 3.05) is 14.2 Å². The maximum atomic E-state index is 13.4. The largest absolute Gasteiger partial charge is 0.496 e. The number of benzene rings is 2. The summed E-state index contributed by atoms with van der Waals surface area (Å²) in [4.78, 5) is 12.4. The molecule has 104 valence electrons. The number of hydrogen-bond acceptors (Lipinski definition) is 3. The Labute approximate surface area is 124 Å². The SMILES string of the molecule is COc1cc(C(=O)c2ccc(Br)cc2OC)ccc1F. The average Bonchev–Trinajstić information content (AvgIpc) is 2.46. The van der Waals surface area contributed by atoms with E-state index in [1.807, 2.05) is 0 Å². The van der Waals surface area contributed by atoms with E-state index in [2.05, 4.69) is 15.9 Å². The second kappa shape index (κ2) is 6.05. The van der Waals surface area contributed by atoms with Gasteiger partial charge in [-0.2, -0.15) is 0 Å². The molecule has 0 atom stereocenters. The molecule has 0 aliphatic carbocycles. The Morgan fingerprint density at radius 3 is 2.40 bits per heavy atom. The van der Waals surface area contributed by atoms with E-state index in [-0.39, 0.29) is 11.5 Å². The smallest absolute Gasteiger partial charge is 0.196 e. The molecule has 0 N–H and O–H groups in total. The van der Waals surface area contributed by atoms with Crippen LogP contribution in [-0.2, 0) is 0 Å². The van der Waals surface area contributed by atoms with Crippen molar-refractivity contribution in [2.45, 2.75) is 0 Å². The predicted molar refractivity (Wildman–Crippen MR) is 77.1 cm³/mol. The second-order valence-electron chi connectivity index (χ2n) is 4.02. The van der Waals surface area contributed by atoms with Crippen LogP contribution in [0.3, 0.4) is 0 Å². The standard InChI is InChI=1S/C15H12BrFO3/c1-19-13-8-10(16)4-5-11(13)15(18)9-3-6-12(17)14(7-9)20-2/h3-8H,1-2H3. The van der Waals surface area contributed by atoms with E-state index in [0.29, 0.717) is 16.9 Å². The Morgan fingerprint density at radius 1 is 1.05 bits per heavy atom. The molecule has 0 bridgehead atoms. The molecule has 20 heavy (non-hydrogen) atoms. The van der Waals surface area contributed by atoms with Gasteiger partial charge in [-0.15, -0.1) is 0 Å². The number of rotatable bonds is 4. The Morgan fingerprint density at radius 2 is 1.75 bits per heavy atom. The molecule has 0 radical (unpaired) electrons. The molecule has 0 aliphatic rings. The molecule has 2 aromatic carbocycles. The average molecular weight is 339 g/mol. The van der Waals surface area contributed by atoms with Gasteiger partial charge < -0.3 is 9.47 Å². The Balaban J connectivity index is 2.46. The van der Waals surface area contributed by atoms with Crippen molar-refractivity contribution >= 4 is 21.7 Å². The lowest BCUT2D eigenvalue weighted by atomic mass is 10.0. The van der Waals surface area contributed by atoms with Crippen molar-refractivity contribution in [3.63, 3.8) is 0 Å². The highest BCUT2D eigenvalue weighted by Crippen LogP contribution is 2.27. The summed E-state index contributed by atoms with van der Waals surface area (Å²) in [6.07, 6.45) is 0. The maximum absolute atomic E-state index is 13.4. The zero-order valence-electron chi connectivity index (χ0n) is 10.9. The first-order chi connectivity index (χ1) is 9.56. The fraction of sp³-hybridized carbons (Fsp3) is 0.133. The summed E-state index contributed by atoms with van der Waals surface area (Å²) in [7, 11) is 2.84. The first-order valence-electron chi connectivity index (χ1n) is 5.78. The molecule has 0 fully saturated rings. The van der Waals surface area contributed by atoms with Gasteiger partial charge in [0.25, 0.3) is 0 Å². The third kappa shape index (κ3) is 2.82. The molecule has 2 aromatic rings. The van der Waals surface area contributed by atoms with Gasteiger partial charge >= 0.3 is 0 Å². The van der Waals surface area contributed by atoms with Crippen molar-refractivity contribution < 1.29 is 18.7 Å². The van der Waals surface area contributed by atoms with Crippen LogP contribution in [0.4, 0.5) is 4.39 Å². The van der Waals surface area contributed by atoms with E-state index in [1.54, 1.807) is 18.2 Å². The molecular formula is C15H12BrFO3. The van der Waals surface area contributed by atoms with E-state index in [1.165, 1.54) is 32.4 Å². The van der Waals surface area contributed by atoms with Crippen molar-refractivity contribution in [2.24, 2.45) is 0 Å². The van der Waals surface area contributed by atoms with E-state index in [9.17, 15) is 9.18 Å². The fourth-order valence-electron chi connectivity index (χ4n) is 1.81. The monoisotopic (exact) mass is 338 g/mol. The Kier molecular flexibility index (Phi) is 4.39. The van der Waals surface area contributed by atoms with Gasteiger partial charge in [0.15, 0.2) is 17.3 Å². The molecule has 2 rings (SSSR count). The second-order valence-corrected chi connectivity index (χ2v) is 4.94. The van der Waals surface area contributed by atoms with Crippen LogP contribution in [0.1, 0.15) is 15.9 Å². The van der Waals surface area contributed by atoms with Crippen molar-refractivity contribution in [3.05, 3.63) is 57.8 Å². The van der Waals surface area contributed by atoms with Crippen LogP contribution in [-0.4, -0.2) is 20.0 Å². The molecule has 0 saturated carbocycles. The van der Waals surface area contributed by atoms with Gasteiger partial charge in [0, 0.05) is 10.0 Å². The molecule has 0 unspecified atom stereocenters. The van der Waals surface area contributed by atoms with Gasteiger partial charge in [0.1, 0.15) is 5.75 Å². The highest BCUT2D eigenvalue weighted by atomic mass is 79.9. The molecule has 5 heteroatoms. The first-order valence-corrected chi connectivity index (χ1v) is 6.58. The molecule has 3 nitrogen and oxygen atoms in total. The number of ether oxygens (including phenoxy) is 2. The fourth-order valence-corrected chi connectivity index (χ4v) is 2.15. The number of hydrogen-bond donors (Lipinski definition) is 0. The molecule has 0 spiro atoms. The van der Waals surface area contributed by atoms with E-state index < -0.39 is 5.82 Å². The zero-order valence-corrected chi connectivity index (χ0v) is 12.5. The van der Waals surface area contributed by atoms with Gasteiger partial charge in [0.2, 0.25) is 0 Å². The van der Waals surface area contributed by atoms with Gasteiger partial charge in [-0.05, 0) is 36.4 Å². The number of ketones is 1. The summed E-state index contributed by atoms with van der Waals surface area (Å²) < 4.78 is 24.2. The normalized spacial score (nSPS) is 10.2. The minimum atomic E-state index is -0.508. The quantitative estimate of drug-likeness (QED) is 0.794. The lowest BCUT2D eigenvalue weighted by Crippen LogP contribution is -2.05. The molecular weight excluding hydrogens is 327 g/mol. The maximum Gasteiger partial charge on any atom is 0.196 e. The van der Waals surface area contributed by atoms with Gasteiger partial charge in [-0.3, -0.25) is 4.79 Å². The van der Waals surface area contributed by atoms with Crippen LogP contribution in [0, 0.1) is 5.82 Å². The number of carbonyl (C=O) groups excluding carboxylic acids is 1. The van der Waals surface area contributed by atoms with E-state index in [0.717, 1.165) is 4.47 Å². The first kappa shape index (κ1) is 14.5. The molecule has 0 heterocycles. The summed E-state index contributed by atoms with van der Waals surface area (Å²) in [6.45, 7) is 0. The number of halogens is 2. The van der Waals surface area contributed by atoms with Crippen LogP contribution in [0.25, 0.3) is 0 Å². The zero-order chi connectivity index (χ0) is 14.7. The summed E-state index contributed by atoms with van der Waals surface area (Å²) in [5.74, 6) is -0.279. The van der Waals surface area contributed by atoms with Crippen LogP contribution in [0.2, 0.25) is 0 Å². The van der Waals surface area contributed by atoms with Crippen LogP contribution in [0.15, 0.2) is 40.9 Å². The Bertz CT molecular complexity index is 656. The van der Waals surface area contributed by atoms with Gasteiger partial charge in [-0.1, -0.05) is 15.9 Å². The van der Waals surface area contributed by atoms with Crippen LogP contribution >= 0.6 is 15.9 Å². The minimum absolute atomic E-state index is 0.0342. The third-order valence-corrected chi connectivity index (χ3v) is 3.31. The minimum Gasteiger partial charge on any atom is -0.496 e. The third-order valence-electron chi connectivity index (χ3n) is 2.82. The molecule has 0 aromatic heterocycles. The van der Waals surface area contributed by atoms with Crippen molar-refractivity contribution in [1.82, 2.24) is 0 Å². The summed E-state index contributed by atoms with van der Waals surface area (Å²) in [5.41, 5.74) is 0.744. The number of methoxy groups -OCH3 is 2. The van der Waals surface area contributed by atoms with Crippen molar-refractivity contribution in [3.8, 4) is 11.5 Å². The number of carbonyl (C=O) groups is 1. The molecule has 0 amide bonds. The highest BCUT2D eigenvalue weighted by molar-refractivity contribution is 9.10. The van der Waals surface area contributed by atoms with Crippen LogP contribution < -0.4 is 9.47 Å². The molecule has 0 saturated heterocycles. The highest BCUT2D eigenvalue weighted by Gasteiger charge is 2.16. The molecule has 0 aliphatic heterocycles. The topological polar surface area (TPSA) is 35.5 Å². The lowest BCUT2D eigenvalue weighted by Gasteiger charge is -2.09. The van der Waals surface area contributed by atoms with Crippen LogP contribution in [0.5, 0.6) is 11.5 Å². The predicted octanol–water partition coefficient (Wildman–Crippen LogP) is 3.84. The van der Waals surface area contributed by atoms with Crippen molar-refractivity contribution in [1.29, 1.82) is 0 Å². The Hall–Kier alpha value is -1.88. The summed E-state index contributed by atoms with van der Waals surface area (Å²) in [5, 5.41) is 0. The summed E-state index contributed by atoms with van der Waals surface area (Å²) >= 11 is 3.31. The lowest BCUT2D eigenvalue weighted by molar-refractivity contribution is 0.103. The van der Waals surface area contributed by atoms with E-state index >= 15 is 0 Å².